The number of ether oxygens (including phenoxy) is 2. The van der Waals surface area contributed by atoms with Gasteiger partial charge in [-0.05, 0) is 24.8 Å². The van der Waals surface area contributed by atoms with E-state index in [9.17, 15) is 9.90 Å². The molecule has 0 radical (unpaired) electrons. The summed E-state index contributed by atoms with van der Waals surface area (Å²) >= 11 is 0. The minimum absolute atomic E-state index is 0.0223. The third kappa shape index (κ3) is 2.61. The number of hydrogen-bond donors (Lipinski definition) is 1. The second-order valence-electron chi connectivity index (χ2n) is 5.79. The van der Waals surface area contributed by atoms with Crippen LogP contribution in [-0.4, -0.2) is 25.3 Å². The molecule has 0 aliphatic heterocycles. The van der Waals surface area contributed by atoms with Crippen molar-refractivity contribution in [1.82, 2.24) is 0 Å². The molecular formula is C18H20O4. The molecule has 0 amide bonds. The van der Waals surface area contributed by atoms with Gasteiger partial charge in [-0.25, -0.2) is 0 Å². The van der Waals surface area contributed by atoms with Crippen molar-refractivity contribution >= 4 is 16.7 Å². The van der Waals surface area contributed by atoms with Crippen LogP contribution >= 0.6 is 0 Å². The minimum Gasteiger partial charge on any atom is -0.496 e. The second kappa shape index (κ2) is 5.87. The second-order valence-corrected chi connectivity index (χ2v) is 5.79. The molecule has 1 N–H and O–H groups in total. The van der Waals surface area contributed by atoms with Gasteiger partial charge < -0.3 is 14.6 Å². The van der Waals surface area contributed by atoms with Crippen LogP contribution in [0.4, 0.5) is 0 Å². The predicted molar refractivity (Wildman–Crippen MR) is 84.8 cm³/mol. The fraction of sp³-hybridized carbons (Fsp3) is 0.389. The van der Waals surface area contributed by atoms with Crippen molar-refractivity contribution in [1.29, 1.82) is 0 Å². The lowest BCUT2D eigenvalue weighted by molar-refractivity contribution is -0.137. The van der Waals surface area contributed by atoms with E-state index >= 15 is 0 Å². The highest BCUT2D eigenvalue weighted by Gasteiger charge is 2.36. The molecular weight excluding hydrogens is 280 g/mol. The summed E-state index contributed by atoms with van der Waals surface area (Å²) in [5.74, 6) is 1.17. The zero-order valence-corrected chi connectivity index (χ0v) is 12.8. The van der Waals surface area contributed by atoms with Gasteiger partial charge in [0.1, 0.15) is 11.5 Å². The molecule has 1 aliphatic rings. The number of methoxy groups -OCH3 is 2. The summed E-state index contributed by atoms with van der Waals surface area (Å²) < 4.78 is 11.2. The predicted octanol–water partition coefficient (Wildman–Crippen LogP) is 3.83. The summed E-state index contributed by atoms with van der Waals surface area (Å²) in [5.41, 5.74) is 0.947. The SMILES string of the molecule is COc1cc(C(CC(=O)O)C2CC2)c(OC)c2ccccc12. The Labute approximate surface area is 129 Å². The average Bonchev–Trinajstić information content (AvgIpc) is 3.35. The fourth-order valence-corrected chi connectivity index (χ4v) is 3.23. The molecule has 4 heteroatoms. The van der Waals surface area contributed by atoms with Crippen molar-refractivity contribution in [3.63, 3.8) is 0 Å². The van der Waals surface area contributed by atoms with E-state index in [1.807, 2.05) is 30.3 Å². The van der Waals surface area contributed by atoms with Gasteiger partial charge in [-0.15, -0.1) is 0 Å². The van der Waals surface area contributed by atoms with Gasteiger partial charge in [-0.3, -0.25) is 4.79 Å². The number of rotatable bonds is 6. The molecule has 22 heavy (non-hydrogen) atoms. The first-order valence-corrected chi connectivity index (χ1v) is 7.51. The number of carboxylic acids is 1. The summed E-state index contributed by atoms with van der Waals surface area (Å²) in [6.45, 7) is 0. The van der Waals surface area contributed by atoms with Gasteiger partial charge in [0, 0.05) is 22.3 Å². The molecule has 1 atom stereocenters. The summed E-state index contributed by atoms with van der Waals surface area (Å²) in [7, 11) is 3.28. The van der Waals surface area contributed by atoms with Crippen molar-refractivity contribution in [3.8, 4) is 11.5 Å². The molecule has 2 aromatic rings. The highest BCUT2D eigenvalue weighted by Crippen LogP contribution is 2.50. The molecule has 1 aliphatic carbocycles. The van der Waals surface area contributed by atoms with Crippen LogP contribution < -0.4 is 9.47 Å². The fourth-order valence-electron chi connectivity index (χ4n) is 3.23. The Bertz CT molecular complexity index is 704. The van der Waals surface area contributed by atoms with E-state index in [2.05, 4.69) is 0 Å². The van der Waals surface area contributed by atoms with Crippen LogP contribution in [-0.2, 0) is 4.79 Å². The van der Waals surface area contributed by atoms with Gasteiger partial charge in [0.25, 0.3) is 0 Å². The van der Waals surface area contributed by atoms with Gasteiger partial charge in [0.2, 0.25) is 0 Å². The Morgan fingerprint density at radius 1 is 1.23 bits per heavy atom. The van der Waals surface area contributed by atoms with E-state index in [1.165, 1.54) is 0 Å². The molecule has 116 valence electrons. The highest BCUT2D eigenvalue weighted by molar-refractivity contribution is 5.95. The van der Waals surface area contributed by atoms with E-state index in [4.69, 9.17) is 9.47 Å². The monoisotopic (exact) mass is 300 g/mol. The van der Waals surface area contributed by atoms with Gasteiger partial charge in [0.15, 0.2) is 0 Å². The van der Waals surface area contributed by atoms with Crippen LogP contribution in [0.15, 0.2) is 30.3 Å². The standard InChI is InChI=1S/C18H20O4/c1-21-16-9-15(14(10-17(19)20)11-7-8-11)18(22-2)13-6-4-3-5-12(13)16/h3-6,9,11,14H,7-8,10H2,1-2H3,(H,19,20). The van der Waals surface area contributed by atoms with Crippen LogP contribution in [0.2, 0.25) is 0 Å². The smallest absolute Gasteiger partial charge is 0.303 e. The normalized spacial score (nSPS) is 15.5. The van der Waals surface area contributed by atoms with E-state index in [-0.39, 0.29) is 12.3 Å². The number of aliphatic carboxylic acids is 1. The van der Waals surface area contributed by atoms with Crippen LogP contribution in [0, 0.1) is 5.92 Å². The van der Waals surface area contributed by atoms with E-state index in [0.29, 0.717) is 5.92 Å². The molecule has 1 unspecified atom stereocenters. The Morgan fingerprint density at radius 2 is 1.91 bits per heavy atom. The minimum atomic E-state index is -0.772. The number of benzene rings is 2. The summed E-state index contributed by atoms with van der Waals surface area (Å²) in [6.07, 6.45) is 2.29. The number of fused-ring (bicyclic) bond motifs is 1. The maximum atomic E-state index is 11.3. The van der Waals surface area contributed by atoms with E-state index in [0.717, 1.165) is 40.7 Å². The molecule has 1 fully saturated rings. The summed E-state index contributed by atoms with van der Waals surface area (Å²) in [5, 5.41) is 11.2. The largest absolute Gasteiger partial charge is 0.496 e. The number of hydrogen-bond acceptors (Lipinski definition) is 3. The third-order valence-electron chi connectivity index (χ3n) is 4.40. The first-order valence-electron chi connectivity index (χ1n) is 7.51. The van der Waals surface area contributed by atoms with Crippen molar-refractivity contribution in [2.45, 2.75) is 25.2 Å². The highest BCUT2D eigenvalue weighted by atomic mass is 16.5. The Hall–Kier alpha value is -2.23. The van der Waals surface area contributed by atoms with Crippen molar-refractivity contribution in [3.05, 3.63) is 35.9 Å². The average molecular weight is 300 g/mol. The quantitative estimate of drug-likeness (QED) is 0.881. The zero-order valence-electron chi connectivity index (χ0n) is 12.8. The molecule has 4 nitrogen and oxygen atoms in total. The first kappa shape index (κ1) is 14.7. The summed E-state index contributed by atoms with van der Waals surface area (Å²) in [6, 6.07) is 9.85. The molecule has 0 aromatic heterocycles. The summed E-state index contributed by atoms with van der Waals surface area (Å²) in [4.78, 5) is 11.3. The third-order valence-corrected chi connectivity index (χ3v) is 4.40. The lowest BCUT2D eigenvalue weighted by Crippen LogP contribution is -2.10. The Morgan fingerprint density at radius 3 is 2.45 bits per heavy atom. The van der Waals surface area contributed by atoms with Gasteiger partial charge in [-0.1, -0.05) is 24.3 Å². The lowest BCUT2D eigenvalue weighted by atomic mass is 9.88. The van der Waals surface area contributed by atoms with Crippen molar-refractivity contribution in [2.24, 2.45) is 5.92 Å². The van der Waals surface area contributed by atoms with Crippen molar-refractivity contribution in [2.75, 3.05) is 14.2 Å². The number of carboxylic acid groups (broad SMARTS) is 1. The molecule has 0 spiro atoms. The van der Waals surface area contributed by atoms with Gasteiger partial charge >= 0.3 is 5.97 Å². The molecule has 1 saturated carbocycles. The topological polar surface area (TPSA) is 55.8 Å². The first-order chi connectivity index (χ1) is 10.7. The van der Waals surface area contributed by atoms with Crippen LogP contribution in [0.25, 0.3) is 10.8 Å². The van der Waals surface area contributed by atoms with Crippen LogP contribution in [0.1, 0.15) is 30.7 Å². The zero-order chi connectivity index (χ0) is 15.7. The molecule has 0 saturated heterocycles. The Balaban J connectivity index is 2.20. The van der Waals surface area contributed by atoms with Gasteiger partial charge in [-0.2, -0.15) is 0 Å². The number of carbonyl (C=O) groups is 1. The molecule has 2 aromatic carbocycles. The maximum Gasteiger partial charge on any atom is 0.303 e. The molecule has 0 bridgehead atoms. The van der Waals surface area contributed by atoms with E-state index in [1.54, 1.807) is 14.2 Å². The molecule has 0 heterocycles. The van der Waals surface area contributed by atoms with Crippen molar-refractivity contribution < 1.29 is 19.4 Å². The molecule has 3 rings (SSSR count). The van der Waals surface area contributed by atoms with Crippen LogP contribution in [0.3, 0.4) is 0 Å². The van der Waals surface area contributed by atoms with Gasteiger partial charge in [0.05, 0.1) is 20.6 Å². The lowest BCUT2D eigenvalue weighted by Gasteiger charge is -2.21. The Kier molecular flexibility index (Phi) is 3.92. The van der Waals surface area contributed by atoms with E-state index < -0.39 is 5.97 Å². The van der Waals surface area contributed by atoms with Crippen LogP contribution in [0.5, 0.6) is 11.5 Å². The maximum absolute atomic E-state index is 11.3.